The van der Waals surface area contributed by atoms with Crippen LogP contribution in [0, 0.1) is 0 Å². The minimum Gasteiger partial charge on any atom is -0.495 e. The average molecular weight is 301 g/mol. The lowest BCUT2D eigenvalue weighted by Gasteiger charge is -2.24. The second-order valence-electron chi connectivity index (χ2n) is 5.04. The van der Waals surface area contributed by atoms with Gasteiger partial charge in [-0.25, -0.2) is 13.1 Å². The zero-order chi connectivity index (χ0) is 15.6. The van der Waals surface area contributed by atoms with Gasteiger partial charge in [0.05, 0.1) is 17.7 Å². The van der Waals surface area contributed by atoms with E-state index in [-0.39, 0.29) is 17.1 Å². The first-order valence-corrected chi connectivity index (χ1v) is 7.31. The molecule has 0 unspecified atom stereocenters. The molecule has 20 heavy (non-hydrogen) atoms. The van der Waals surface area contributed by atoms with E-state index in [0.717, 1.165) is 0 Å². The Morgan fingerprint density at radius 1 is 1.40 bits per heavy atom. The third-order valence-corrected chi connectivity index (χ3v) is 4.24. The quantitative estimate of drug-likeness (QED) is 0.648. The molecule has 5 N–H and O–H groups in total. The van der Waals surface area contributed by atoms with Gasteiger partial charge in [-0.15, -0.1) is 0 Å². The highest BCUT2D eigenvalue weighted by atomic mass is 32.2. The van der Waals surface area contributed by atoms with E-state index in [1.165, 1.54) is 25.3 Å². The van der Waals surface area contributed by atoms with Crippen molar-refractivity contribution in [3.05, 3.63) is 18.2 Å². The molecule has 0 radical (unpaired) electrons. The number of carbonyl (C=O) groups is 1. The maximum Gasteiger partial charge on any atom is 0.241 e. The number of benzene rings is 1. The van der Waals surface area contributed by atoms with Crippen LogP contribution in [0.25, 0.3) is 0 Å². The fraction of sp³-hybridized carbons (Fsp3) is 0.417. The summed E-state index contributed by atoms with van der Waals surface area (Å²) in [5.41, 5.74) is 10.1. The summed E-state index contributed by atoms with van der Waals surface area (Å²) in [4.78, 5) is 10.9. The lowest BCUT2D eigenvalue weighted by atomic mass is 10.0. The van der Waals surface area contributed by atoms with Gasteiger partial charge in [0, 0.05) is 18.0 Å². The first-order valence-electron chi connectivity index (χ1n) is 5.83. The van der Waals surface area contributed by atoms with Crippen molar-refractivity contribution in [2.24, 2.45) is 5.73 Å². The van der Waals surface area contributed by atoms with E-state index in [1.54, 1.807) is 13.8 Å². The van der Waals surface area contributed by atoms with Crippen LogP contribution in [0.1, 0.15) is 20.3 Å². The Balaban J connectivity index is 3.08. The Bertz CT molecular complexity index is 611. The van der Waals surface area contributed by atoms with E-state index in [1.807, 2.05) is 0 Å². The van der Waals surface area contributed by atoms with Crippen LogP contribution in [0.2, 0.25) is 0 Å². The summed E-state index contributed by atoms with van der Waals surface area (Å²) in [5.74, 6) is -0.326. The molecule has 0 saturated carbocycles. The normalized spacial score (nSPS) is 12.2. The van der Waals surface area contributed by atoms with E-state index in [2.05, 4.69) is 4.72 Å². The van der Waals surface area contributed by atoms with Crippen LogP contribution in [0.4, 0.5) is 5.69 Å². The zero-order valence-electron chi connectivity index (χ0n) is 11.6. The van der Waals surface area contributed by atoms with Crippen molar-refractivity contribution in [2.45, 2.75) is 30.7 Å². The number of carbonyl (C=O) groups excluding carboxylic acids is 1. The number of rotatable bonds is 6. The van der Waals surface area contributed by atoms with Crippen LogP contribution in [0.15, 0.2) is 23.1 Å². The molecule has 7 nitrogen and oxygen atoms in total. The number of nitrogen functional groups attached to an aromatic ring is 1. The first kappa shape index (κ1) is 16.3. The van der Waals surface area contributed by atoms with Gasteiger partial charge >= 0.3 is 0 Å². The molecule has 0 aliphatic carbocycles. The summed E-state index contributed by atoms with van der Waals surface area (Å²) in [6, 6.07) is 4.12. The van der Waals surface area contributed by atoms with Crippen LogP contribution in [0.5, 0.6) is 5.75 Å². The van der Waals surface area contributed by atoms with Gasteiger partial charge in [0.25, 0.3) is 0 Å². The Morgan fingerprint density at radius 3 is 2.50 bits per heavy atom. The summed E-state index contributed by atoms with van der Waals surface area (Å²) in [6.45, 7) is 3.15. The molecule has 0 fully saturated rings. The molecule has 0 spiro atoms. The Kier molecular flexibility index (Phi) is 4.61. The number of ether oxygens (including phenoxy) is 1. The number of nitrogens with two attached hydrogens (primary N) is 2. The first-order chi connectivity index (χ1) is 9.07. The molecule has 1 amide bonds. The number of anilines is 1. The van der Waals surface area contributed by atoms with Crippen molar-refractivity contribution in [1.82, 2.24) is 4.72 Å². The summed E-state index contributed by atoms with van der Waals surface area (Å²) < 4.78 is 31.9. The molecule has 0 aliphatic rings. The molecular formula is C12H19N3O4S. The van der Waals surface area contributed by atoms with Gasteiger partial charge in [-0.3, -0.25) is 4.79 Å². The summed E-state index contributed by atoms with van der Waals surface area (Å²) >= 11 is 0. The number of amides is 1. The lowest BCUT2D eigenvalue weighted by molar-refractivity contribution is -0.119. The second-order valence-corrected chi connectivity index (χ2v) is 6.72. The number of primary amides is 1. The minimum atomic E-state index is -3.81. The Hall–Kier alpha value is -1.80. The molecule has 0 heterocycles. The SMILES string of the molecule is COc1cc(S(=O)(=O)NC(C)(C)CC(N)=O)ccc1N. The predicted molar refractivity (Wildman–Crippen MR) is 75.6 cm³/mol. The van der Waals surface area contributed by atoms with Crippen molar-refractivity contribution in [1.29, 1.82) is 0 Å². The van der Waals surface area contributed by atoms with Crippen molar-refractivity contribution >= 4 is 21.6 Å². The molecule has 0 atom stereocenters. The molecular weight excluding hydrogens is 282 g/mol. The standard InChI is InChI=1S/C12H19N3O4S/c1-12(2,7-11(14)16)15-20(17,18)8-4-5-9(13)10(6-8)19-3/h4-6,15H,7,13H2,1-3H3,(H2,14,16). The highest BCUT2D eigenvalue weighted by Crippen LogP contribution is 2.25. The van der Waals surface area contributed by atoms with Gasteiger partial charge in [0.1, 0.15) is 5.75 Å². The van der Waals surface area contributed by atoms with Crippen molar-refractivity contribution in [3.8, 4) is 5.75 Å². The number of nitrogens with one attached hydrogen (secondary N) is 1. The third kappa shape index (κ3) is 4.10. The van der Waals surface area contributed by atoms with Crippen LogP contribution < -0.4 is 20.9 Å². The highest BCUT2D eigenvalue weighted by molar-refractivity contribution is 7.89. The molecule has 1 aromatic rings. The number of hydrogen-bond donors (Lipinski definition) is 3. The van der Waals surface area contributed by atoms with Gasteiger partial charge in [0.2, 0.25) is 15.9 Å². The van der Waals surface area contributed by atoms with Gasteiger partial charge in [-0.2, -0.15) is 0 Å². The smallest absolute Gasteiger partial charge is 0.241 e. The summed E-state index contributed by atoms with van der Waals surface area (Å²) in [5, 5.41) is 0. The molecule has 112 valence electrons. The van der Waals surface area contributed by atoms with E-state index >= 15 is 0 Å². The largest absolute Gasteiger partial charge is 0.495 e. The van der Waals surface area contributed by atoms with Crippen molar-refractivity contribution in [3.63, 3.8) is 0 Å². The topological polar surface area (TPSA) is 125 Å². The average Bonchev–Trinajstić information content (AvgIpc) is 2.25. The van der Waals surface area contributed by atoms with Gasteiger partial charge in [0.15, 0.2) is 0 Å². The van der Waals surface area contributed by atoms with Crippen LogP contribution in [-0.2, 0) is 14.8 Å². The van der Waals surface area contributed by atoms with Crippen LogP contribution >= 0.6 is 0 Å². The molecule has 8 heteroatoms. The highest BCUT2D eigenvalue weighted by Gasteiger charge is 2.28. The third-order valence-electron chi connectivity index (χ3n) is 2.54. The van der Waals surface area contributed by atoms with Crippen molar-refractivity contribution in [2.75, 3.05) is 12.8 Å². The molecule has 0 saturated heterocycles. The van der Waals surface area contributed by atoms with Crippen LogP contribution in [0.3, 0.4) is 0 Å². The Morgan fingerprint density at radius 2 is 2.00 bits per heavy atom. The van der Waals surface area contributed by atoms with Gasteiger partial charge < -0.3 is 16.2 Å². The Labute approximate surface area is 118 Å². The van der Waals surface area contributed by atoms with E-state index < -0.39 is 21.5 Å². The second kappa shape index (κ2) is 5.68. The number of hydrogen-bond acceptors (Lipinski definition) is 5. The molecule has 1 rings (SSSR count). The van der Waals surface area contributed by atoms with Crippen LogP contribution in [-0.4, -0.2) is 27.0 Å². The number of methoxy groups -OCH3 is 1. The monoisotopic (exact) mass is 301 g/mol. The van der Waals surface area contributed by atoms with E-state index in [0.29, 0.717) is 5.69 Å². The maximum absolute atomic E-state index is 12.2. The molecule has 0 aliphatic heterocycles. The van der Waals surface area contributed by atoms with E-state index in [9.17, 15) is 13.2 Å². The number of sulfonamides is 1. The molecule has 0 bridgehead atoms. The minimum absolute atomic E-state index is 0.00101. The van der Waals surface area contributed by atoms with Crippen molar-refractivity contribution < 1.29 is 17.9 Å². The maximum atomic E-state index is 12.2. The molecule has 0 aromatic heterocycles. The fourth-order valence-electron chi connectivity index (χ4n) is 1.75. The van der Waals surface area contributed by atoms with E-state index in [4.69, 9.17) is 16.2 Å². The fourth-order valence-corrected chi connectivity index (χ4v) is 3.18. The molecule has 1 aromatic carbocycles. The lowest BCUT2D eigenvalue weighted by Crippen LogP contribution is -2.45. The summed E-state index contributed by atoms with van der Waals surface area (Å²) in [7, 11) is -2.41. The zero-order valence-corrected chi connectivity index (χ0v) is 12.5. The van der Waals surface area contributed by atoms with Gasteiger partial charge in [-0.1, -0.05) is 0 Å². The predicted octanol–water partition coefficient (Wildman–Crippen LogP) is 0.210. The summed E-state index contributed by atoms with van der Waals surface area (Å²) in [6.07, 6.45) is -0.113. The van der Waals surface area contributed by atoms with Gasteiger partial charge in [-0.05, 0) is 26.0 Å².